The Kier molecular flexibility index (Phi) is 4.44. The van der Waals surface area contributed by atoms with Crippen LogP contribution in [0.2, 0.25) is 0 Å². The van der Waals surface area contributed by atoms with Crippen LogP contribution in [0.1, 0.15) is 17.5 Å². The van der Waals surface area contributed by atoms with Gasteiger partial charge in [0.15, 0.2) is 28.0 Å². The topological polar surface area (TPSA) is 86.5 Å². The monoisotopic (exact) mass is 467 g/mol. The lowest BCUT2D eigenvalue weighted by atomic mass is 9.98. The second kappa shape index (κ2) is 6.57. The number of carbonyl (C=O) groups excluding carboxylic acids is 1. The molecule has 0 aliphatic carbocycles. The smallest absolute Gasteiger partial charge is 0.263 e. The first-order chi connectivity index (χ1) is 13.2. The Morgan fingerprint density at radius 1 is 1.25 bits per heavy atom. The van der Waals surface area contributed by atoms with Crippen LogP contribution in [0.4, 0.5) is 14.5 Å². The van der Waals surface area contributed by atoms with Crippen molar-refractivity contribution in [2.75, 3.05) is 4.90 Å². The molecule has 3 aromatic rings. The van der Waals surface area contributed by atoms with E-state index in [9.17, 15) is 23.8 Å². The summed E-state index contributed by atoms with van der Waals surface area (Å²) in [7, 11) is 0. The highest BCUT2D eigenvalue weighted by molar-refractivity contribution is 9.10. The van der Waals surface area contributed by atoms with Gasteiger partial charge in [-0.15, -0.1) is 10.2 Å². The van der Waals surface area contributed by atoms with Crippen molar-refractivity contribution in [1.29, 1.82) is 0 Å². The zero-order valence-electron chi connectivity index (χ0n) is 14.3. The molecular formula is C18H12BrF2N3O3S. The fourth-order valence-electron chi connectivity index (χ4n) is 3.05. The van der Waals surface area contributed by atoms with E-state index in [1.54, 1.807) is 18.2 Å². The van der Waals surface area contributed by atoms with Gasteiger partial charge in [-0.1, -0.05) is 33.3 Å². The van der Waals surface area contributed by atoms with Crippen molar-refractivity contribution in [3.05, 3.63) is 57.0 Å². The van der Waals surface area contributed by atoms with Gasteiger partial charge in [0.1, 0.15) is 5.01 Å². The number of carbonyl (C=O) groups is 1. The van der Waals surface area contributed by atoms with Crippen LogP contribution in [0.3, 0.4) is 0 Å². The summed E-state index contributed by atoms with van der Waals surface area (Å²) in [5.74, 6) is -3.79. The predicted molar refractivity (Wildman–Crippen MR) is 102 cm³/mol. The minimum Gasteiger partial charge on any atom is -0.503 e. The van der Waals surface area contributed by atoms with E-state index in [-0.39, 0.29) is 17.1 Å². The number of hydrogen-bond acceptors (Lipinski definition) is 6. The van der Waals surface area contributed by atoms with Gasteiger partial charge >= 0.3 is 0 Å². The molecule has 2 heterocycles. The minimum absolute atomic E-state index is 0.0187. The van der Waals surface area contributed by atoms with Crippen LogP contribution in [0.5, 0.6) is 5.75 Å². The molecule has 144 valence electrons. The Hall–Kier alpha value is -2.43. The van der Waals surface area contributed by atoms with Crippen LogP contribution in [-0.4, -0.2) is 26.3 Å². The second-order valence-corrected chi connectivity index (χ2v) is 8.36. The lowest BCUT2D eigenvalue weighted by Gasteiger charge is -2.18. The number of halogens is 3. The van der Waals surface area contributed by atoms with Gasteiger partial charge in [-0.2, -0.15) is 0 Å². The Balaban J connectivity index is 1.68. The van der Waals surface area contributed by atoms with Crippen LogP contribution in [0.15, 0.2) is 34.8 Å². The molecule has 6 nitrogen and oxygen atoms in total. The number of aliphatic hydroxyl groups is 1. The summed E-state index contributed by atoms with van der Waals surface area (Å²) in [6, 6.07) is 7.21. The Bertz CT molecular complexity index is 1120. The van der Waals surface area contributed by atoms with Crippen LogP contribution >= 0.6 is 27.3 Å². The molecule has 10 heteroatoms. The van der Waals surface area contributed by atoms with Crippen molar-refractivity contribution < 1.29 is 23.8 Å². The maximum atomic E-state index is 14.1. The van der Waals surface area contributed by atoms with E-state index in [1.807, 2.05) is 0 Å². The van der Waals surface area contributed by atoms with E-state index in [0.717, 1.165) is 27.9 Å². The van der Waals surface area contributed by atoms with Crippen LogP contribution in [-0.2, 0) is 16.9 Å². The summed E-state index contributed by atoms with van der Waals surface area (Å²) in [4.78, 5) is 14.1. The normalized spacial score (nSPS) is 18.6. The van der Waals surface area contributed by atoms with Gasteiger partial charge in [-0.3, -0.25) is 4.79 Å². The Morgan fingerprint density at radius 2 is 2.00 bits per heavy atom. The molecule has 28 heavy (non-hydrogen) atoms. The predicted octanol–water partition coefficient (Wildman–Crippen LogP) is 3.71. The number of nitrogens with zero attached hydrogens (tertiary/aromatic N) is 3. The lowest BCUT2D eigenvalue weighted by molar-refractivity contribution is -0.134. The molecule has 0 radical (unpaired) electrons. The molecule has 0 saturated carbocycles. The number of phenolic OH excluding ortho intramolecular Hbond substituents is 1. The quantitative estimate of drug-likeness (QED) is 0.613. The van der Waals surface area contributed by atoms with E-state index >= 15 is 0 Å². The number of phenols is 1. The van der Waals surface area contributed by atoms with Crippen molar-refractivity contribution in [3.63, 3.8) is 0 Å². The Labute approximate surface area is 170 Å². The van der Waals surface area contributed by atoms with Gasteiger partial charge in [0.05, 0.1) is 17.8 Å². The molecule has 1 unspecified atom stereocenters. The molecule has 1 aromatic heterocycles. The van der Waals surface area contributed by atoms with Crippen molar-refractivity contribution in [2.45, 2.75) is 19.1 Å². The fraction of sp³-hybridized carbons (Fsp3) is 0.167. The summed E-state index contributed by atoms with van der Waals surface area (Å²) < 4.78 is 28.1. The number of benzene rings is 2. The number of anilines is 1. The third-order valence-corrected chi connectivity index (χ3v) is 5.93. The van der Waals surface area contributed by atoms with Crippen LogP contribution < -0.4 is 4.90 Å². The first-order valence-electron chi connectivity index (χ1n) is 8.04. The van der Waals surface area contributed by atoms with Crippen molar-refractivity contribution >= 4 is 38.9 Å². The number of aromatic hydroxyl groups is 1. The number of aromatic nitrogens is 2. The molecule has 1 aliphatic heterocycles. The zero-order valence-corrected chi connectivity index (χ0v) is 16.7. The molecule has 1 amide bonds. The first-order valence-corrected chi connectivity index (χ1v) is 9.65. The molecule has 0 saturated heterocycles. The molecule has 1 atom stereocenters. The number of hydrogen-bond donors (Lipinski definition) is 2. The molecular weight excluding hydrogens is 456 g/mol. The van der Waals surface area contributed by atoms with Crippen molar-refractivity contribution in [2.24, 2.45) is 0 Å². The van der Waals surface area contributed by atoms with Gasteiger partial charge in [-0.05, 0) is 31.2 Å². The van der Waals surface area contributed by atoms with E-state index in [0.29, 0.717) is 16.3 Å². The molecule has 0 fully saturated rings. The zero-order chi connectivity index (χ0) is 20.2. The summed E-state index contributed by atoms with van der Waals surface area (Å²) >= 11 is 4.35. The average Bonchev–Trinajstić information content (AvgIpc) is 3.17. The second-order valence-electron chi connectivity index (χ2n) is 6.38. The highest BCUT2D eigenvalue weighted by Crippen LogP contribution is 2.42. The van der Waals surface area contributed by atoms with Crippen LogP contribution in [0, 0.1) is 11.6 Å². The molecule has 4 rings (SSSR count). The van der Waals surface area contributed by atoms with E-state index in [2.05, 4.69) is 26.1 Å². The molecule has 2 N–H and O–H groups in total. The summed E-state index contributed by atoms with van der Waals surface area (Å²) in [5, 5.41) is 28.4. The fourth-order valence-corrected chi connectivity index (χ4v) is 4.25. The maximum Gasteiger partial charge on any atom is 0.263 e. The van der Waals surface area contributed by atoms with Crippen molar-refractivity contribution in [3.8, 4) is 16.3 Å². The molecule has 2 aromatic carbocycles. The number of fused-ring (bicyclic) bond motifs is 1. The third kappa shape index (κ3) is 2.88. The van der Waals surface area contributed by atoms with Gasteiger partial charge in [0, 0.05) is 10.0 Å². The third-order valence-electron chi connectivity index (χ3n) is 4.49. The average molecular weight is 468 g/mol. The molecule has 1 aliphatic rings. The van der Waals surface area contributed by atoms with E-state index in [1.165, 1.54) is 11.8 Å². The van der Waals surface area contributed by atoms with Gasteiger partial charge in [0.25, 0.3) is 5.91 Å². The number of rotatable bonds is 3. The first kappa shape index (κ1) is 18.9. The van der Waals surface area contributed by atoms with Gasteiger partial charge in [-0.25, -0.2) is 8.78 Å². The SMILES string of the molecule is CC1(O)C(=O)N(Cc2nnc(-c3ccc(F)c(O)c3F)s2)c2cc(Br)ccc21. The van der Waals surface area contributed by atoms with E-state index < -0.39 is 28.9 Å². The number of amides is 1. The van der Waals surface area contributed by atoms with Gasteiger partial charge in [0.2, 0.25) is 0 Å². The maximum absolute atomic E-state index is 14.1. The highest BCUT2D eigenvalue weighted by atomic mass is 79.9. The summed E-state index contributed by atoms with van der Waals surface area (Å²) in [6.07, 6.45) is 0. The minimum atomic E-state index is -1.67. The lowest BCUT2D eigenvalue weighted by Crippen LogP contribution is -2.37. The van der Waals surface area contributed by atoms with Gasteiger partial charge < -0.3 is 15.1 Å². The largest absolute Gasteiger partial charge is 0.503 e. The Morgan fingerprint density at radius 3 is 2.75 bits per heavy atom. The highest BCUT2D eigenvalue weighted by Gasteiger charge is 2.46. The summed E-state index contributed by atoms with van der Waals surface area (Å²) in [6.45, 7) is 1.44. The molecule has 0 bridgehead atoms. The van der Waals surface area contributed by atoms with Crippen molar-refractivity contribution in [1.82, 2.24) is 10.2 Å². The standard InChI is InChI=1S/C18H12BrF2N3O3S/c1-18(27)10-4-2-8(19)6-12(10)24(17(18)26)7-13-22-23-16(28-13)9-3-5-11(20)15(25)14(9)21/h2-6,25,27H,7H2,1H3. The molecule has 0 spiro atoms. The van der Waals surface area contributed by atoms with Crippen LogP contribution in [0.25, 0.3) is 10.6 Å². The van der Waals surface area contributed by atoms with E-state index in [4.69, 9.17) is 0 Å². The summed E-state index contributed by atoms with van der Waals surface area (Å²) in [5.41, 5.74) is -0.754.